The smallest absolute Gasteiger partial charge is 0.263 e. The van der Waals surface area contributed by atoms with Crippen molar-refractivity contribution in [2.24, 2.45) is 0 Å². The van der Waals surface area contributed by atoms with Gasteiger partial charge in [-0.15, -0.1) is 11.3 Å². The van der Waals surface area contributed by atoms with E-state index in [-0.39, 0.29) is 5.91 Å². The molecule has 0 bridgehead atoms. The van der Waals surface area contributed by atoms with E-state index in [9.17, 15) is 4.79 Å². The summed E-state index contributed by atoms with van der Waals surface area (Å²) < 4.78 is 0. The summed E-state index contributed by atoms with van der Waals surface area (Å²) in [5.41, 5.74) is 0. The van der Waals surface area contributed by atoms with E-state index in [2.05, 4.69) is 15.9 Å². The molecule has 0 aromatic carbocycles. The zero-order valence-electron chi connectivity index (χ0n) is 9.12. The molecular weight excluding hydrogens is 274 g/mol. The SMILES string of the molecule is CCN(CCCBr)C(=O)c1ccc(C)s1. The van der Waals surface area contributed by atoms with Gasteiger partial charge in [-0.25, -0.2) is 0 Å². The number of alkyl halides is 1. The van der Waals surface area contributed by atoms with Crippen LogP contribution in [0.5, 0.6) is 0 Å². The van der Waals surface area contributed by atoms with Gasteiger partial charge >= 0.3 is 0 Å². The fourth-order valence-electron chi connectivity index (χ4n) is 1.36. The number of hydrogen-bond donors (Lipinski definition) is 0. The van der Waals surface area contributed by atoms with Crippen molar-refractivity contribution in [3.8, 4) is 0 Å². The summed E-state index contributed by atoms with van der Waals surface area (Å²) in [6.07, 6.45) is 1.00. The largest absolute Gasteiger partial charge is 0.338 e. The van der Waals surface area contributed by atoms with E-state index in [4.69, 9.17) is 0 Å². The van der Waals surface area contributed by atoms with Crippen molar-refractivity contribution in [3.05, 3.63) is 21.9 Å². The van der Waals surface area contributed by atoms with Crippen molar-refractivity contribution in [1.82, 2.24) is 4.90 Å². The van der Waals surface area contributed by atoms with Gasteiger partial charge in [-0.05, 0) is 32.4 Å². The van der Waals surface area contributed by atoms with Gasteiger partial charge in [0.1, 0.15) is 0 Å². The lowest BCUT2D eigenvalue weighted by Crippen LogP contribution is -2.31. The zero-order valence-corrected chi connectivity index (χ0v) is 11.5. The van der Waals surface area contributed by atoms with Gasteiger partial charge in [0.25, 0.3) is 5.91 Å². The molecular formula is C11H16BrNOS. The molecule has 84 valence electrons. The minimum absolute atomic E-state index is 0.163. The quantitative estimate of drug-likeness (QED) is 0.762. The minimum Gasteiger partial charge on any atom is -0.338 e. The maximum Gasteiger partial charge on any atom is 0.263 e. The highest BCUT2D eigenvalue weighted by molar-refractivity contribution is 9.09. The summed E-state index contributed by atoms with van der Waals surface area (Å²) in [5, 5.41) is 0.945. The molecule has 4 heteroatoms. The minimum atomic E-state index is 0.163. The molecule has 0 radical (unpaired) electrons. The predicted molar refractivity (Wildman–Crippen MR) is 69.0 cm³/mol. The lowest BCUT2D eigenvalue weighted by Gasteiger charge is -2.19. The number of carbonyl (C=O) groups is 1. The van der Waals surface area contributed by atoms with Crippen molar-refractivity contribution in [3.63, 3.8) is 0 Å². The monoisotopic (exact) mass is 289 g/mol. The zero-order chi connectivity index (χ0) is 11.3. The Morgan fingerprint density at radius 1 is 1.53 bits per heavy atom. The fourth-order valence-corrected chi connectivity index (χ4v) is 2.45. The highest BCUT2D eigenvalue weighted by Crippen LogP contribution is 2.17. The summed E-state index contributed by atoms with van der Waals surface area (Å²) in [4.78, 5) is 16.0. The molecule has 0 saturated heterocycles. The summed E-state index contributed by atoms with van der Waals surface area (Å²) in [7, 11) is 0. The van der Waals surface area contributed by atoms with Gasteiger partial charge in [0, 0.05) is 23.3 Å². The van der Waals surface area contributed by atoms with Crippen LogP contribution in [-0.2, 0) is 0 Å². The van der Waals surface area contributed by atoms with Gasteiger partial charge in [-0.3, -0.25) is 4.79 Å². The summed E-state index contributed by atoms with van der Waals surface area (Å²) in [5.74, 6) is 0.163. The van der Waals surface area contributed by atoms with Crippen LogP contribution in [0, 0.1) is 6.92 Å². The van der Waals surface area contributed by atoms with Crippen molar-refractivity contribution >= 4 is 33.2 Å². The van der Waals surface area contributed by atoms with Gasteiger partial charge < -0.3 is 4.90 Å². The third kappa shape index (κ3) is 3.61. The summed E-state index contributed by atoms with van der Waals surface area (Å²) in [6.45, 7) is 5.66. The average molecular weight is 290 g/mol. The number of aryl methyl sites for hydroxylation is 1. The van der Waals surface area contributed by atoms with E-state index < -0.39 is 0 Å². The molecule has 1 rings (SSSR count). The Morgan fingerprint density at radius 2 is 2.27 bits per heavy atom. The number of nitrogens with zero attached hydrogens (tertiary/aromatic N) is 1. The molecule has 0 aliphatic carbocycles. The Morgan fingerprint density at radius 3 is 2.73 bits per heavy atom. The maximum absolute atomic E-state index is 12.0. The van der Waals surface area contributed by atoms with Crippen LogP contribution in [0.1, 0.15) is 27.9 Å². The lowest BCUT2D eigenvalue weighted by molar-refractivity contribution is 0.0770. The van der Waals surface area contributed by atoms with Gasteiger partial charge in [0.05, 0.1) is 4.88 Å². The van der Waals surface area contributed by atoms with Crippen LogP contribution < -0.4 is 0 Å². The highest BCUT2D eigenvalue weighted by atomic mass is 79.9. The summed E-state index contributed by atoms with van der Waals surface area (Å²) in [6, 6.07) is 3.91. The molecule has 0 atom stereocenters. The van der Waals surface area contributed by atoms with Gasteiger partial charge in [0.2, 0.25) is 0 Å². The number of rotatable bonds is 5. The Hall–Kier alpha value is -0.350. The standard InChI is InChI=1S/C11H16BrNOS/c1-3-13(8-4-7-12)11(14)10-6-5-9(2)15-10/h5-6H,3-4,7-8H2,1-2H3. The highest BCUT2D eigenvalue weighted by Gasteiger charge is 2.14. The Bertz CT molecular complexity index is 324. The third-order valence-corrected chi connectivity index (χ3v) is 3.73. The van der Waals surface area contributed by atoms with Gasteiger partial charge in [-0.1, -0.05) is 15.9 Å². The molecule has 15 heavy (non-hydrogen) atoms. The molecule has 0 saturated carbocycles. The first-order chi connectivity index (χ1) is 7.19. The van der Waals surface area contributed by atoms with Crippen molar-refractivity contribution in [2.75, 3.05) is 18.4 Å². The molecule has 0 spiro atoms. The van der Waals surface area contributed by atoms with Crippen molar-refractivity contribution < 1.29 is 4.79 Å². The van der Waals surface area contributed by atoms with Crippen LogP contribution in [0.4, 0.5) is 0 Å². The first-order valence-electron chi connectivity index (χ1n) is 5.10. The fraction of sp³-hybridized carbons (Fsp3) is 0.545. The Labute approximate surface area is 103 Å². The molecule has 0 aliphatic heterocycles. The normalized spacial score (nSPS) is 10.3. The molecule has 0 N–H and O–H groups in total. The van der Waals surface area contributed by atoms with E-state index in [1.807, 2.05) is 30.9 Å². The van der Waals surface area contributed by atoms with Crippen LogP contribution in [0.15, 0.2) is 12.1 Å². The second-order valence-electron chi connectivity index (χ2n) is 3.34. The van der Waals surface area contributed by atoms with Crippen molar-refractivity contribution in [1.29, 1.82) is 0 Å². The van der Waals surface area contributed by atoms with Crippen LogP contribution in [-0.4, -0.2) is 29.2 Å². The van der Waals surface area contributed by atoms with E-state index in [1.54, 1.807) is 11.3 Å². The molecule has 1 aromatic rings. The van der Waals surface area contributed by atoms with Gasteiger partial charge in [-0.2, -0.15) is 0 Å². The van der Waals surface area contributed by atoms with E-state index in [1.165, 1.54) is 4.88 Å². The van der Waals surface area contributed by atoms with E-state index in [0.717, 1.165) is 29.7 Å². The molecule has 1 amide bonds. The summed E-state index contributed by atoms with van der Waals surface area (Å²) >= 11 is 4.95. The predicted octanol–water partition coefficient (Wildman–Crippen LogP) is 3.30. The molecule has 0 aliphatic rings. The topological polar surface area (TPSA) is 20.3 Å². The second-order valence-corrected chi connectivity index (χ2v) is 5.42. The maximum atomic E-state index is 12.0. The third-order valence-electron chi connectivity index (χ3n) is 2.18. The first kappa shape index (κ1) is 12.7. The lowest BCUT2D eigenvalue weighted by atomic mass is 10.3. The molecule has 2 nitrogen and oxygen atoms in total. The Balaban J connectivity index is 2.64. The second kappa shape index (κ2) is 6.28. The van der Waals surface area contributed by atoms with Crippen LogP contribution in [0.2, 0.25) is 0 Å². The molecule has 1 aromatic heterocycles. The average Bonchev–Trinajstić information content (AvgIpc) is 2.65. The van der Waals surface area contributed by atoms with Crippen LogP contribution in [0.25, 0.3) is 0 Å². The van der Waals surface area contributed by atoms with E-state index in [0.29, 0.717) is 0 Å². The number of halogens is 1. The molecule has 0 fully saturated rings. The molecule has 0 unspecified atom stereocenters. The number of thiophene rings is 1. The van der Waals surface area contributed by atoms with E-state index >= 15 is 0 Å². The number of hydrogen-bond acceptors (Lipinski definition) is 2. The molecule has 1 heterocycles. The number of carbonyl (C=O) groups excluding carboxylic acids is 1. The van der Waals surface area contributed by atoms with Crippen LogP contribution >= 0.6 is 27.3 Å². The van der Waals surface area contributed by atoms with Crippen molar-refractivity contribution in [2.45, 2.75) is 20.3 Å². The first-order valence-corrected chi connectivity index (χ1v) is 7.04. The van der Waals surface area contributed by atoms with Gasteiger partial charge in [0.15, 0.2) is 0 Å². The Kier molecular flexibility index (Phi) is 5.32. The number of amides is 1. The van der Waals surface area contributed by atoms with Crippen LogP contribution in [0.3, 0.4) is 0 Å².